The van der Waals surface area contributed by atoms with Crippen LogP contribution in [0.1, 0.15) is 39.3 Å². The molecule has 1 aromatic heterocycles. The van der Waals surface area contributed by atoms with E-state index in [0.717, 1.165) is 27.7 Å². The molecule has 2 rings (SSSR count). The van der Waals surface area contributed by atoms with Crippen LogP contribution in [0.3, 0.4) is 0 Å². The molecule has 0 saturated heterocycles. The lowest BCUT2D eigenvalue weighted by molar-refractivity contribution is 0.104. The number of hydrogen-bond donors (Lipinski definition) is 0. The van der Waals surface area contributed by atoms with E-state index >= 15 is 0 Å². The molecule has 0 N–H and O–H groups in total. The summed E-state index contributed by atoms with van der Waals surface area (Å²) in [6.45, 7) is 6.54. The Balaban J connectivity index is 2.18. The molecule has 0 amide bonds. The molecule has 100 valence electrons. The van der Waals surface area contributed by atoms with Gasteiger partial charge in [-0.2, -0.15) is 0 Å². The highest BCUT2D eigenvalue weighted by molar-refractivity contribution is 7.14. The van der Waals surface area contributed by atoms with Gasteiger partial charge in [0.15, 0.2) is 0 Å². The summed E-state index contributed by atoms with van der Waals surface area (Å²) < 4.78 is 5.50. The Morgan fingerprint density at radius 2 is 1.95 bits per heavy atom. The maximum absolute atomic E-state index is 12.3. The molecule has 0 atom stereocenters. The standard InChI is InChI=1S/C15H17NO2S/c1-4-9-18-13-7-5-12(6-8-13)14(17)15-10(2)16-11(3)19-15/h5-8H,4,9H2,1-3H3. The molecule has 1 aromatic carbocycles. The zero-order valence-electron chi connectivity index (χ0n) is 11.4. The third kappa shape index (κ3) is 3.20. The number of benzene rings is 1. The number of carbonyl (C=O) groups excluding carboxylic acids is 1. The number of aromatic nitrogens is 1. The summed E-state index contributed by atoms with van der Waals surface area (Å²) in [6.07, 6.45) is 0.972. The lowest BCUT2D eigenvalue weighted by atomic mass is 10.1. The Morgan fingerprint density at radius 3 is 2.47 bits per heavy atom. The molecule has 0 unspecified atom stereocenters. The lowest BCUT2D eigenvalue weighted by Gasteiger charge is -2.05. The van der Waals surface area contributed by atoms with E-state index in [4.69, 9.17) is 4.74 Å². The maximum Gasteiger partial charge on any atom is 0.204 e. The Labute approximate surface area is 117 Å². The van der Waals surface area contributed by atoms with Crippen molar-refractivity contribution in [2.75, 3.05) is 6.61 Å². The SMILES string of the molecule is CCCOc1ccc(C(=O)c2sc(C)nc2C)cc1. The predicted molar refractivity (Wildman–Crippen MR) is 77.2 cm³/mol. The van der Waals surface area contributed by atoms with Crippen molar-refractivity contribution in [2.45, 2.75) is 27.2 Å². The Kier molecular flexibility index (Phi) is 4.32. The molecule has 0 aliphatic rings. The third-order valence-corrected chi connectivity index (χ3v) is 3.77. The van der Waals surface area contributed by atoms with Crippen LogP contribution >= 0.6 is 11.3 Å². The number of nitrogens with zero attached hydrogens (tertiary/aromatic N) is 1. The van der Waals surface area contributed by atoms with Gasteiger partial charge in [0, 0.05) is 5.56 Å². The minimum atomic E-state index is 0.0325. The number of ketones is 1. The smallest absolute Gasteiger partial charge is 0.204 e. The number of thiazole rings is 1. The maximum atomic E-state index is 12.3. The normalized spacial score (nSPS) is 10.5. The first-order chi connectivity index (χ1) is 9.11. The van der Waals surface area contributed by atoms with E-state index in [1.165, 1.54) is 11.3 Å². The van der Waals surface area contributed by atoms with Gasteiger partial charge in [0.05, 0.1) is 22.2 Å². The van der Waals surface area contributed by atoms with E-state index in [1.807, 2.05) is 38.1 Å². The van der Waals surface area contributed by atoms with Crippen LogP contribution < -0.4 is 4.74 Å². The molecule has 3 nitrogen and oxygen atoms in total. The predicted octanol–water partition coefficient (Wildman–Crippen LogP) is 3.78. The molecule has 0 spiro atoms. The summed E-state index contributed by atoms with van der Waals surface area (Å²) in [4.78, 5) is 17.3. The average molecular weight is 275 g/mol. The highest BCUT2D eigenvalue weighted by Crippen LogP contribution is 2.22. The van der Waals surface area contributed by atoms with E-state index in [0.29, 0.717) is 12.2 Å². The number of aryl methyl sites for hydroxylation is 2. The van der Waals surface area contributed by atoms with Crippen LogP contribution in [0.2, 0.25) is 0 Å². The molecule has 19 heavy (non-hydrogen) atoms. The molecule has 0 fully saturated rings. The fourth-order valence-corrected chi connectivity index (χ4v) is 2.68. The average Bonchev–Trinajstić information content (AvgIpc) is 2.75. The molecule has 0 saturated carbocycles. The Bertz CT molecular complexity index is 572. The first-order valence-corrected chi connectivity index (χ1v) is 7.15. The van der Waals surface area contributed by atoms with Crippen molar-refractivity contribution in [3.05, 3.63) is 45.4 Å². The van der Waals surface area contributed by atoms with Gasteiger partial charge in [0.1, 0.15) is 5.75 Å². The summed E-state index contributed by atoms with van der Waals surface area (Å²) in [5, 5.41) is 0.920. The fraction of sp³-hybridized carbons (Fsp3) is 0.333. The molecule has 0 aliphatic heterocycles. The van der Waals surface area contributed by atoms with Crippen molar-refractivity contribution in [1.82, 2.24) is 4.98 Å². The quantitative estimate of drug-likeness (QED) is 0.779. The number of ether oxygens (including phenoxy) is 1. The van der Waals surface area contributed by atoms with E-state index in [2.05, 4.69) is 11.9 Å². The minimum absolute atomic E-state index is 0.0325. The van der Waals surface area contributed by atoms with E-state index in [-0.39, 0.29) is 5.78 Å². The minimum Gasteiger partial charge on any atom is -0.494 e. The summed E-state index contributed by atoms with van der Waals surface area (Å²) in [6, 6.07) is 7.29. The topological polar surface area (TPSA) is 39.2 Å². The van der Waals surface area contributed by atoms with Crippen molar-refractivity contribution >= 4 is 17.1 Å². The molecular formula is C15H17NO2S. The van der Waals surface area contributed by atoms with E-state index < -0.39 is 0 Å². The van der Waals surface area contributed by atoms with Crippen LogP contribution in [0.5, 0.6) is 5.75 Å². The molecule has 1 heterocycles. The summed E-state index contributed by atoms with van der Waals surface area (Å²) in [7, 11) is 0. The zero-order valence-corrected chi connectivity index (χ0v) is 12.2. The first kappa shape index (κ1) is 13.7. The van der Waals surface area contributed by atoms with Crippen LogP contribution in [-0.2, 0) is 0 Å². The Morgan fingerprint density at radius 1 is 1.26 bits per heavy atom. The van der Waals surface area contributed by atoms with Gasteiger partial charge in [-0.05, 0) is 44.5 Å². The molecule has 2 aromatic rings. The summed E-state index contributed by atoms with van der Waals surface area (Å²) >= 11 is 1.44. The molecule has 0 bridgehead atoms. The van der Waals surface area contributed by atoms with Gasteiger partial charge in [-0.1, -0.05) is 6.92 Å². The van der Waals surface area contributed by atoms with Gasteiger partial charge < -0.3 is 4.74 Å². The van der Waals surface area contributed by atoms with E-state index in [1.54, 1.807) is 0 Å². The second kappa shape index (κ2) is 5.97. The summed E-state index contributed by atoms with van der Waals surface area (Å²) in [5.41, 5.74) is 1.48. The van der Waals surface area contributed by atoms with Gasteiger partial charge in [-0.25, -0.2) is 4.98 Å². The first-order valence-electron chi connectivity index (χ1n) is 6.33. The molecule has 0 radical (unpaired) electrons. The van der Waals surface area contributed by atoms with Crippen LogP contribution in [0.25, 0.3) is 0 Å². The molecule has 4 heteroatoms. The van der Waals surface area contributed by atoms with Gasteiger partial charge in [0.2, 0.25) is 5.78 Å². The van der Waals surface area contributed by atoms with Gasteiger partial charge in [-0.3, -0.25) is 4.79 Å². The van der Waals surface area contributed by atoms with Crippen LogP contribution in [0.15, 0.2) is 24.3 Å². The van der Waals surface area contributed by atoms with Crippen molar-refractivity contribution in [1.29, 1.82) is 0 Å². The van der Waals surface area contributed by atoms with Gasteiger partial charge in [0.25, 0.3) is 0 Å². The largest absolute Gasteiger partial charge is 0.494 e. The van der Waals surface area contributed by atoms with Crippen LogP contribution in [0.4, 0.5) is 0 Å². The molecular weight excluding hydrogens is 258 g/mol. The highest BCUT2D eigenvalue weighted by atomic mass is 32.1. The fourth-order valence-electron chi connectivity index (χ4n) is 1.80. The van der Waals surface area contributed by atoms with Crippen molar-refractivity contribution < 1.29 is 9.53 Å². The van der Waals surface area contributed by atoms with Crippen molar-refractivity contribution in [3.63, 3.8) is 0 Å². The number of rotatable bonds is 5. The van der Waals surface area contributed by atoms with Gasteiger partial charge in [-0.15, -0.1) is 11.3 Å². The van der Waals surface area contributed by atoms with Crippen LogP contribution in [0, 0.1) is 13.8 Å². The van der Waals surface area contributed by atoms with Crippen LogP contribution in [-0.4, -0.2) is 17.4 Å². The zero-order chi connectivity index (χ0) is 13.8. The summed E-state index contributed by atoms with van der Waals surface area (Å²) in [5.74, 6) is 0.834. The monoisotopic (exact) mass is 275 g/mol. The second-order valence-corrected chi connectivity index (χ2v) is 5.55. The number of hydrogen-bond acceptors (Lipinski definition) is 4. The lowest BCUT2D eigenvalue weighted by Crippen LogP contribution is -2.01. The Hall–Kier alpha value is -1.68. The highest BCUT2D eigenvalue weighted by Gasteiger charge is 2.15. The van der Waals surface area contributed by atoms with E-state index in [9.17, 15) is 4.79 Å². The molecule has 0 aliphatic carbocycles. The van der Waals surface area contributed by atoms with Crippen molar-refractivity contribution in [2.24, 2.45) is 0 Å². The second-order valence-electron chi connectivity index (χ2n) is 4.35. The number of carbonyl (C=O) groups is 1. The van der Waals surface area contributed by atoms with Gasteiger partial charge >= 0.3 is 0 Å². The van der Waals surface area contributed by atoms with Crippen molar-refractivity contribution in [3.8, 4) is 5.75 Å². The third-order valence-electron chi connectivity index (χ3n) is 2.70.